The molecule has 0 fully saturated rings. The number of rotatable bonds is 2. The van der Waals surface area contributed by atoms with Gasteiger partial charge in [0, 0.05) is 0 Å². The van der Waals surface area contributed by atoms with Crippen molar-refractivity contribution in [2.45, 2.75) is 11.3 Å². The molecule has 6 heteroatoms. The van der Waals surface area contributed by atoms with E-state index in [4.69, 9.17) is 0 Å². The van der Waals surface area contributed by atoms with Gasteiger partial charge >= 0.3 is 0 Å². The third kappa shape index (κ3) is 1.42. The maximum atomic E-state index is 9.69. The molecule has 1 aromatic rings. The molecule has 1 aromatic carbocycles. The van der Waals surface area contributed by atoms with E-state index in [-0.39, 0.29) is 6.42 Å². The number of benzene rings is 1. The lowest BCUT2D eigenvalue weighted by Gasteiger charge is -2.44. The second-order valence-corrected chi connectivity index (χ2v) is 7.37. The average Bonchev–Trinajstić information content (AvgIpc) is 2.34. The van der Waals surface area contributed by atoms with Crippen molar-refractivity contribution < 1.29 is 19.6 Å². The third-order valence-corrected chi connectivity index (χ3v) is 6.71. The van der Waals surface area contributed by atoms with Crippen molar-refractivity contribution in [1.29, 1.82) is 0 Å². The summed E-state index contributed by atoms with van der Waals surface area (Å²) < 4.78 is 0. The van der Waals surface area contributed by atoms with E-state index < -0.39 is 21.6 Å². The minimum absolute atomic E-state index is 0.248. The fourth-order valence-corrected chi connectivity index (χ4v) is 4.70. The molecular formula is C12H12O4P2. The molecule has 0 amide bonds. The smallest absolute Gasteiger partial charge is 0.186 e. The lowest BCUT2D eigenvalue weighted by atomic mass is 9.75. The summed E-state index contributed by atoms with van der Waals surface area (Å²) in [7, 11) is -4.92. The normalized spacial score (nSPS) is 19.9. The van der Waals surface area contributed by atoms with Crippen LogP contribution in [0.25, 0.3) is 11.1 Å². The molecule has 94 valence electrons. The van der Waals surface area contributed by atoms with Gasteiger partial charge in [0.05, 0.1) is 0 Å². The van der Waals surface area contributed by atoms with Gasteiger partial charge in [0.2, 0.25) is 0 Å². The molecule has 0 aromatic heterocycles. The first kappa shape index (κ1) is 12.4. The van der Waals surface area contributed by atoms with Crippen LogP contribution < -0.4 is 0 Å². The van der Waals surface area contributed by atoms with Crippen LogP contribution in [-0.2, 0) is 0 Å². The molecule has 0 radical (unpaired) electrons. The monoisotopic (exact) mass is 282 g/mol. The van der Waals surface area contributed by atoms with E-state index in [0.29, 0.717) is 5.57 Å². The average molecular weight is 282 g/mol. The van der Waals surface area contributed by atoms with E-state index in [1.54, 1.807) is 6.08 Å². The summed E-state index contributed by atoms with van der Waals surface area (Å²) in [6.45, 7) is 0. The molecule has 18 heavy (non-hydrogen) atoms. The first-order valence-electron chi connectivity index (χ1n) is 5.46. The highest BCUT2D eigenvalue weighted by Gasteiger charge is 2.54. The second-order valence-electron chi connectivity index (χ2n) is 4.34. The van der Waals surface area contributed by atoms with Crippen molar-refractivity contribution in [1.82, 2.24) is 0 Å². The zero-order valence-electron chi connectivity index (χ0n) is 9.35. The Hall–Kier alpha value is -0.600. The molecular weight excluding hydrogens is 270 g/mol. The van der Waals surface area contributed by atoms with Crippen molar-refractivity contribution >= 4 is 27.9 Å². The standard InChI is InChI=1S/C12H12O4P2/c13-17(14)12(18(15)16)7-3-6-10-8-4-1-2-5-9(8)11(10)12/h1-6,13-16H,7H2. The maximum Gasteiger partial charge on any atom is 0.186 e. The number of hydrogen-bond donors (Lipinski definition) is 4. The molecule has 0 atom stereocenters. The number of hydrogen-bond acceptors (Lipinski definition) is 4. The van der Waals surface area contributed by atoms with Gasteiger partial charge in [-0.1, -0.05) is 36.4 Å². The Morgan fingerprint density at radius 1 is 0.944 bits per heavy atom. The van der Waals surface area contributed by atoms with E-state index in [2.05, 4.69) is 0 Å². The Labute approximate surface area is 107 Å². The Morgan fingerprint density at radius 3 is 2.17 bits per heavy atom. The summed E-state index contributed by atoms with van der Waals surface area (Å²) in [5.74, 6) is 0. The van der Waals surface area contributed by atoms with E-state index in [1.807, 2.05) is 30.3 Å². The zero-order valence-corrected chi connectivity index (χ0v) is 11.1. The quantitative estimate of drug-likeness (QED) is 0.627. The van der Waals surface area contributed by atoms with Gasteiger partial charge in [-0.2, -0.15) is 0 Å². The van der Waals surface area contributed by atoms with Gasteiger partial charge in [0.25, 0.3) is 0 Å². The van der Waals surface area contributed by atoms with Crippen LogP contribution in [0.2, 0.25) is 0 Å². The van der Waals surface area contributed by atoms with E-state index >= 15 is 0 Å². The van der Waals surface area contributed by atoms with Crippen LogP contribution >= 0.6 is 16.8 Å². The van der Waals surface area contributed by atoms with Crippen LogP contribution in [0.3, 0.4) is 0 Å². The van der Waals surface area contributed by atoms with Gasteiger partial charge in [-0.25, -0.2) is 0 Å². The van der Waals surface area contributed by atoms with Crippen LogP contribution in [0.5, 0.6) is 0 Å². The van der Waals surface area contributed by atoms with Crippen molar-refractivity contribution in [3.05, 3.63) is 47.5 Å². The van der Waals surface area contributed by atoms with Crippen LogP contribution in [0.15, 0.2) is 36.4 Å². The molecule has 4 N–H and O–H groups in total. The lowest BCUT2D eigenvalue weighted by molar-refractivity contribution is 0.432. The Morgan fingerprint density at radius 2 is 1.56 bits per heavy atom. The topological polar surface area (TPSA) is 80.9 Å². The SMILES string of the molecule is OP(O)C1(P(O)O)CC=CC2=C1c1ccccc12. The molecule has 0 saturated carbocycles. The third-order valence-electron chi connectivity index (χ3n) is 3.51. The van der Waals surface area contributed by atoms with Crippen molar-refractivity contribution in [3.8, 4) is 0 Å². The van der Waals surface area contributed by atoms with Gasteiger partial charge in [-0.3, -0.25) is 0 Å². The highest BCUT2D eigenvalue weighted by atomic mass is 31.2. The predicted molar refractivity (Wildman–Crippen MR) is 72.5 cm³/mol. The molecule has 2 aliphatic carbocycles. The number of allylic oxidation sites excluding steroid dienone is 4. The van der Waals surface area contributed by atoms with Crippen molar-refractivity contribution in [2.75, 3.05) is 0 Å². The van der Waals surface area contributed by atoms with Gasteiger partial charge in [0.15, 0.2) is 16.8 Å². The van der Waals surface area contributed by atoms with E-state index in [1.165, 1.54) is 0 Å². The second kappa shape index (κ2) is 4.21. The van der Waals surface area contributed by atoms with Crippen LogP contribution in [0.4, 0.5) is 0 Å². The fourth-order valence-electron chi connectivity index (χ4n) is 2.64. The molecule has 0 bridgehead atoms. The molecule has 0 heterocycles. The lowest BCUT2D eigenvalue weighted by Crippen LogP contribution is -2.32. The Kier molecular flexibility index (Phi) is 2.91. The fraction of sp³-hybridized carbons (Fsp3) is 0.167. The number of fused-ring (bicyclic) bond motifs is 3. The Bertz CT molecular complexity index is 555. The van der Waals surface area contributed by atoms with Crippen LogP contribution in [-0.4, -0.2) is 24.5 Å². The maximum absolute atomic E-state index is 9.69. The molecule has 0 aliphatic heterocycles. The highest BCUT2D eigenvalue weighted by Crippen LogP contribution is 2.72. The molecule has 0 spiro atoms. The molecule has 2 aliphatic rings. The first-order chi connectivity index (χ1) is 8.59. The van der Waals surface area contributed by atoms with Gasteiger partial charge < -0.3 is 19.6 Å². The van der Waals surface area contributed by atoms with Gasteiger partial charge in [-0.15, -0.1) is 0 Å². The van der Waals surface area contributed by atoms with Crippen molar-refractivity contribution in [2.24, 2.45) is 0 Å². The first-order valence-corrected chi connectivity index (χ1v) is 7.95. The minimum atomic E-state index is -2.46. The molecule has 3 rings (SSSR count). The summed E-state index contributed by atoms with van der Waals surface area (Å²) in [6.07, 6.45) is 3.93. The van der Waals surface area contributed by atoms with E-state index in [9.17, 15) is 19.6 Å². The highest BCUT2D eigenvalue weighted by molar-refractivity contribution is 7.67. The van der Waals surface area contributed by atoms with E-state index in [0.717, 1.165) is 16.7 Å². The zero-order chi connectivity index (χ0) is 12.9. The van der Waals surface area contributed by atoms with Gasteiger partial charge in [-0.05, 0) is 28.7 Å². The Balaban J connectivity index is 2.19. The van der Waals surface area contributed by atoms with Crippen molar-refractivity contribution in [3.63, 3.8) is 0 Å². The van der Waals surface area contributed by atoms with Crippen LogP contribution in [0.1, 0.15) is 17.5 Å². The summed E-state index contributed by atoms with van der Waals surface area (Å²) >= 11 is 0. The van der Waals surface area contributed by atoms with Gasteiger partial charge in [0.1, 0.15) is 4.90 Å². The van der Waals surface area contributed by atoms with Crippen LogP contribution in [0, 0.1) is 0 Å². The summed E-state index contributed by atoms with van der Waals surface area (Å²) in [4.78, 5) is 37.5. The predicted octanol–water partition coefficient (Wildman–Crippen LogP) is 2.16. The molecule has 0 saturated heterocycles. The summed E-state index contributed by atoms with van der Waals surface area (Å²) in [5, 5.41) is 0. The molecule has 0 unspecified atom stereocenters. The molecule has 4 nitrogen and oxygen atoms in total. The summed E-state index contributed by atoms with van der Waals surface area (Å²) in [6, 6.07) is 7.59. The largest absolute Gasteiger partial charge is 0.349 e. The summed E-state index contributed by atoms with van der Waals surface area (Å²) in [5.41, 5.74) is 3.50. The minimum Gasteiger partial charge on any atom is -0.349 e.